The number of aliphatic carboxylic acids is 1. The van der Waals surface area contributed by atoms with Gasteiger partial charge in [-0.2, -0.15) is 0 Å². The molecular formula is C18H17NO4. The quantitative estimate of drug-likeness (QED) is 0.804. The highest BCUT2D eigenvalue weighted by molar-refractivity contribution is 5.96. The first kappa shape index (κ1) is 16.3. The van der Waals surface area contributed by atoms with Crippen LogP contribution in [0.2, 0.25) is 0 Å². The lowest BCUT2D eigenvalue weighted by atomic mass is 10.1. The minimum atomic E-state index is -1.21. The molecule has 0 saturated heterocycles. The fourth-order valence-corrected chi connectivity index (χ4v) is 1.96. The summed E-state index contributed by atoms with van der Waals surface area (Å²) in [6.07, 6.45) is 1.38. The minimum absolute atomic E-state index is 0.201. The van der Waals surface area contributed by atoms with E-state index in [2.05, 4.69) is 5.32 Å². The maximum absolute atomic E-state index is 11.2. The van der Waals surface area contributed by atoms with Crippen LogP contribution in [-0.2, 0) is 16.2 Å². The van der Waals surface area contributed by atoms with E-state index in [1.165, 1.54) is 13.0 Å². The van der Waals surface area contributed by atoms with Crippen molar-refractivity contribution in [3.05, 3.63) is 71.4 Å². The molecule has 2 rings (SSSR count). The SMILES string of the molecule is CC(=O)N/C(=C/c1ccccc1OCc1ccccc1)C(=O)O. The van der Waals surface area contributed by atoms with Crippen LogP contribution in [0.25, 0.3) is 6.08 Å². The van der Waals surface area contributed by atoms with Gasteiger partial charge in [0.05, 0.1) is 0 Å². The Labute approximate surface area is 134 Å². The van der Waals surface area contributed by atoms with Gasteiger partial charge in [0.15, 0.2) is 0 Å². The third-order valence-corrected chi connectivity index (χ3v) is 3.00. The normalized spacial score (nSPS) is 10.9. The van der Waals surface area contributed by atoms with E-state index in [9.17, 15) is 9.59 Å². The van der Waals surface area contributed by atoms with Gasteiger partial charge in [0.25, 0.3) is 0 Å². The zero-order valence-corrected chi connectivity index (χ0v) is 12.7. The summed E-state index contributed by atoms with van der Waals surface area (Å²) < 4.78 is 5.76. The first-order valence-corrected chi connectivity index (χ1v) is 7.04. The predicted molar refractivity (Wildman–Crippen MR) is 86.6 cm³/mol. The molecule has 5 nitrogen and oxygen atoms in total. The van der Waals surface area contributed by atoms with Crippen molar-refractivity contribution >= 4 is 18.0 Å². The average Bonchev–Trinajstić information content (AvgIpc) is 2.54. The Morgan fingerprint density at radius 1 is 1.09 bits per heavy atom. The van der Waals surface area contributed by atoms with E-state index in [-0.39, 0.29) is 5.70 Å². The highest BCUT2D eigenvalue weighted by Crippen LogP contribution is 2.22. The summed E-state index contributed by atoms with van der Waals surface area (Å²) in [6, 6.07) is 16.7. The van der Waals surface area contributed by atoms with Gasteiger partial charge in [-0.3, -0.25) is 4.79 Å². The summed E-state index contributed by atoms with van der Waals surface area (Å²) in [6.45, 7) is 1.63. The van der Waals surface area contributed by atoms with Crippen molar-refractivity contribution in [3.63, 3.8) is 0 Å². The Balaban J connectivity index is 2.22. The lowest BCUT2D eigenvalue weighted by Crippen LogP contribution is -2.24. The fraction of sp³-hybridized carbons (Fsp3) is 0.111. The Morgan fingerprint density at radius 3 is 2.39 bits per heavy atom. The maximum Gasteiger partial charge on any atom is 0.352 e. The molecule has 1 amide bonds. The maximum atomic E-state index is 11.2. The summed E-state index contributed by atoms with van der Waals surface area (Å²) in [4.78, 5) is 22.3. The second-order valence-corrected chi connectivity index (χ2v) is 4.86. The van der Waals surface area contributed by atoms with Gasteiger partial charge in [0.2, 0.25) is 5.91 Å². The van der Waals surface area contributed by atoms with Gasteiger partial charge in [-0.05, 0) is 17.7 Å². The van der Waals surface area contributed by atoms with E-state index in [4.69, 9.17) is 9.84 Å². The highest BCUT2D eigenvalue weighted by atomic mass is 16.5. The number of para-hydroxylation sites is 1. The van der Waals surface area contributed by atoms with Crippen LogP contribution in [0.3, 0.4) is 0 Å². The van der Waals surface area contributed by atoms with Gasteiger partial charge < -0.3 is 15.2 Å². The van der Waals surface area contributed by atoms with Crippen LogP contribution >= 0.6 is 0 Å². The smallest absolute Gasteiger partial charge is 0.352 e. The number of hydrogen-bond acceptors (Lipinski definition) is 3. The van der Waals surface area contributed by atoms with E-state index in [0.29, 0.717) is 17.9 Å². The summed E-state index contributed by atoms with van der Waals surface area (Å²) in [5.41, 5.74) is 1.38. The van der Waals surface area contributed by atoms with Crippen LogP contribution in [0.1, 0.15) is 18.1 Å². The van der Waals surface area contributed by atoms with E-state index >= 15 is 0 Å². The van der Waals surface area contributed by atoms with Crippen LogP contribution in [0, 0.1) is 0 Å². The molecule has 0 aliphatic heterocycles. The number of carbonyl (C=O) groups excluding carboxylic acids is 1. The molecule has 2 aromatic rings. The number of amides is 1. The molecule has 23 heavy (non-hydrogen) atoms. The van der Waals surface area contributed by atoms with Crippen LogP contribution in [0.4, 0.5) is 0 Å². The molecule has 0 aromatic heterocycles. The van der Waals surface area contributed by atoms with E-state index < -0.39 is 11.9 Å². The first-order valence-electron chi connectivity index (χ1n) is 7.04. The monoisotopic (exact) mass is 311 g/mol. The Kier molecular flexibility index (Phi) is 5.52. The first-order chi connectivity index (χ1) is 11.1. The Morgan fingerprint density at radius 2 is 1.74 bits per heavy atom. The lowest BCUT2D eigenvalue weighted by Gasteiger charge is -2.10. The molecule has 2 aromatic carbocycles. The van der Waals surface area contributed by atoms with Gasteiger partial charge in [0.1, 0.15) is 18.1 Å². The number of rotatable bonds is 6. The number of nitrogens with one attached hydrogen (secondary N) is 1. The van der Waals surface area contributed by atoms with Crippen molar-refractivity contribution in [1.29, 1.82) is 0 Å². The number of carboxylic acids is 1. The van der Waals surface area contributed by atoms with E-state index in [1.807, 2.05) is 30.3 Å². The molecular weight excluding hydrogens is 294 g/mol. The van der Waals surface area contributed by atoms with Gasteiger partial charge in [-0.25, -0.2) is 4.79 Å². The number of carboxylic acid groups (broad SMARTS) is 1. The predicted octanol–water partition coefficient (Wildman–Crippen LogP) is 2.83. The van der Waals surface area contributed by atoms with Crippen LogP contribution < -0.4 is 10.1 Å². The molecule has 0 atom stereocenters. The van der Waals surface area contributed by atoms with Gasteiger partial charge in [-0.1, -0.05) is 48.5 Å². The molecule has 0 spiro atoms. The number of carbonyl (C=O) groups is 2. The van der Waals surface area contributed by atoms with Crippen molar-refractivity contribution in [2.24, 2.45) is 0 Å². The number of benzene rings is 2. The molecule has 0 radical (unpaired) electrons. The minimum Gasteiger partial charge on any atom is -0.488 e. The second kappa shape index (κ2) is 7.79. The zero-order valence-electron chi connectivity index (χ0n) is 12.7. The largest absolute Gasteiger partial charge is 0.488 e. The van der Waals surface area contributed by atoms with Gasteiger partial charge in [0, 0.05) is 12.5 Å². The molecule has 0 saturated carbocycles. The van der Waals surface area contributed by atoms with E-state index in [0.717, 1.165) is 5.56 Å². The van der Waals surface area contributed by atoms with Gasteiger partial charge in [-0.15, -0.1) is 0 Å². The third kappa shape index (κ3) is 5.00. The summed E-state index contributed by atoms with van der Waals surface area (Å²) in [5, 5.41) is 11.5. The standard InChI is InChI=1S/C18H17NO4/c1-13(20)19-16(18(21)22)11-15-9-5-6-10-17(15)23-12-14-7-3-2-4-8-14/h2-11H,12H2,1H3,(H,19,20)(H,21,22)/b16-11+. The molecule has 118 valence electrons. The molecule has 0 unspecified atom stereocenters. The van der Waals surface area contributed by atoms with Crippen LogP contribution in [-0.4, -0.2) is 17.0 Å². The number of ether oxygens (including phenoxy) is 1. The number of hydrogen-bond donors (Lipinski definition) is 2. The third-order valence-electron chi connectivity index (χ3n) is 3.00. The van der Waals surface area contributed by atoms with Crippen molar-refractivity contribution < 1.29 is 19.4 Å². The Hall–Kier alpha value is -3.08. The summed E-state index contributed by atoms with van der Waals surface area (Å²) in [5.74, 6) is -1.11. The van der Waals surface area contributed by atoms with Crippen LogP contribution in [0.5, 0.6) is 5.75 Å². The molecule has 0 aliphatic carbocycles. The highest BCUT2D eigenvalue weighted by Gasteiger charge is 2.11. The topological polar surface area (TPSA) is 75.6 Å². The lowest BCUT2D eigenvalue weighted by molar-refractivity contribution is -0.134. The zero-order chi connectivity index (χ0) is 16.7. The molecule has 5 heteroatoms. The summed E-state index contributed by atoms with van der Waals surface area (Å²) >= 11 is 0. The fourth-order valence-electron chi connectivity index (χ4n) is 1.96. The molecule has 0 heterocycles. The Bertz CT molecular complexity index is 723. The van der Waals surface area contributed by atoms with Gasteiger partial charge >= 0.3 is 5.97 Å². The van der Waals surface area contributed by atoms with Crippen molar-refractivity contribution in [2.45, 2.75) is 13.5 Å². The molecule has 0 fully saturated rings. The summed E-state index contributed by atoms with van der Waals surface area (Å²) in [7, 11) is 0. The molecule has 0 aliphatic rings. The van der Waals surface area contributed by atoms with Crippen LogP contribution in [0.15, 0.2) is 60.3 Å². The van der Waals surface area contributed by atoms with Crippen molar-refractivity contribution in [1.82, 2.24) is 5.32 Å². The van der Waals surface area contributed by atoms with E-state index in [1.54, 1.807) is 24.3 Å². The second-order valence-electron chi connectivity index (χ2n) is 4.86. The molecule has 0 bridgehead atoms. The molecule has 2 N–H and O–H groups in total. The van der Waals surface area contributed by atoms with Crippen molar-refractivity contribution in [2.75, 3.05) is 0 Å². The van der Waals surface area contributed by atoms with Crippen molar-refractivity contribution in [3.8, 4) is 5.75 Å². The average molecular weight is 311 g/mol.